The van der Waals surface area contributed by atoms with E-state index in [0.717, 1.165) is 6.26 Å². The largest absolute Gasteiger partial charge is 0.367 e. The van der Waals surface area contributed by atoms with Gasteiger partial charge in [-0.05, 0) is 40.5 Å². The van der Waals surface area contributed by atoms with E-state index in [4.69, 9.17) is 9.02 Å². The topological polar surface area (TPSA) is 72.9 Å². The van der Waals surface area contributed by atoms with Crippen molar-refractivity contribution in [2.24, 2.45) is 0 Å². The SMILES string of the molecule is CC(=O)ON1C(C)(C)CC(OS(C)(=O)=O)CC1(C)C. The van der Waals surface area contributed by atoms with E-state index in [1.54, 1.807) is 5.06 Å². The van der Waals surface area contributed by atoms with Gasteiger partial charge in [-0.25, -0.2) is 0 Å². The summed E-state index contributed by atoms with van der Waals surface area (Å²) in [7, 11) is -3.49. The lowest BCUT2D eigenvalue weighted by atomic mass is 9.80. The van der Waals surface area contributed by atoms with Gasteiger partial charge in [-0.3, -0.25) is 8.98 Å². The molecule has 0 saturated carbocycles. The quantitative estimate of drug-likeness (QED) is 0.734. The number of carbonyl (C=O) groups excluding carboxylic acids is 1. The van der Waals surface area contributed by atoms with Gasteiger partial charge < -0.3 is 4.84 Å². The molecule has 1 rings (SSSR count). The van der Waals surface area contributed by atoms with Crippen LogP contribution in [0.1, 0.15) is 47.5 Å². The van der Waals surface area contributed by atoms with Crippen LogP contribution < -0.4 is 0 Å². The molecule has 0 spiro atoms. The highest BCUT2D eigenvalue weighted by Crippen LogP contribution is 2.40. The maximum absolute atomic E-state index is 11.3. The predicted octanol–water partition coefficient (Wildman–Crippen LogP) is 1.46. The lowest BCUT2D eigenvalue weighted by Gasteiger charge is -2.52. The molecular formula is C12H23NO5S. The highest BCUT2D eigenvalue weighted by atomic mass is 32.2. The lowest BCUT2D eigenvalue weighted by molar-refractivity contribution is -0.272. The highest BCUT2D eigenvalue weighted by molar-refractivity contribution is 7.86. The molecule has 6 nitrogen and oxygen atoms in total. The normalized spacial score (nSPS) is 24.1. The van der Waals surface area contributed by atoms with Gasteiger partial charge in [-0.1, -0.05) is 0 Å². The van der Waals surface area contributed by atoms with Crippen LogP contribution in [0.5, 0.6) is 0 Å². The van der Waals surface area contributed by atoms with E-state index in [1.807, 2.05) is 27.7 Å². The molecule has 1 fully saturated rings. The van der Waals surface area contributed by atoms with Crippen molar-refractivity contribution >= 4 is 16.1 Å². The van der Waals surface area contributed by atoms with Crippen LogP contribution in [0.2, 0.25) is 0 Å². The first-order valence-corrected chi connectivity index (χ1v) is 8.02. The van der Waals surface area contributed by atoms with Gasteiger partial charge in [0.1, 0.15) is 0 Å². The van der Waals surface area contributed by atoms with Gasteiger partial charge in [0.25, 0.3) is 10.1 Å². The molecule has 1 heterocycles. The van der Waals surface area contributed by atoms with E-state index in [9.17, 15) is 13.2 Å². The van der Waals surface area contributed by atoms with Crippen molar-refractivity contribution in [3.63, 3.8) is 0 Å². The van der Waals surface area contributed by atoms with Crippen LogP contribution in [0.25, 0.3) is 0 Å². The van der Waals surface area contributed by atoms with Crippen molar-refractivity contribution in [3.05, 3.63) is 0 Å². The Labute approximate surface area is 115 Å². The van der Waals surface area contributed by atoms with Crippen molar-refractivity contribution in [1.82, 2.24) is 5.06 Å². The van der Waals surface area contributed by atoms with Crippen LogP contribution in [0.15, 0.2) is 0 Å². The van der Waals surface area contributed by atoms with Gasteiger partial charge in [0.05, 0.1) is 23.4 Å². The second-order valence-electron chi connectivity index (χ2n) is 6.33. The average molecular weight is 293 g/mol. The molecule has 7 heteroatoms. The monoisotopic (exact) mass is 293 g/mol. The predicted molar refractivity (Wildman–Crippen MR) is 70.7 cm³/mol. The molecule has 0 bridgehead atoms. The van der Waals surface area contributed by atoms with E-state index in [-0.39, 0.29) is 5.97 Å². The smallest absolute Gasteiger partial charge is 0.322 e. The van der Waals surface area contributed by atoms with Gasteiger partial charge in [0.2, 0.25) is 0 Å². The Kier molecular flexibility index (Phi) is 4.34. The Morgan fingerprint density at radius 1 is 1.16 bits per heavy atom. The fourth-order valence-electron chi connectivity index (χ4n) is 2.86. The Hall–Kier alpha value is -0.660. The third-order valence-corrected chi connectivity index (χ3v) is 3.71. The van der Waals surface area contributed by atoms with E-state index < -0.39 is 27.3 Å². The zero-order valence-electron chi connectivity index (χ0n) is 12.4. The number of nitrogens with zero attached hydrogens (tertiary/aromatic N) is 1. The Bertz CT molecular complexity index is 437. The standard InChI is InChI=1S/C12H23NO5S/c1-9(14)17-13-11(2,3)7-10(8-12(13,4)5)18-19(6,15)16/h10H,7-8H2,1-6H3. The Morgan fingerprint density at radius 2 is 1.58 bits per heavy atom. The van der Waals surface area contributed by atoms with Crippen molar-refractivity contribution < 1.29 is 22.2 Å². The summed E-state index contributed by atoms with van der Waals surface area (Å²) in [5.41, 5.74) is -0.994. The number of hydrogen-bond acceptors (Lipinski definition) is 6. The zero-order chi connectivity index (χ0) is 15.1. The minimum Gasteiger partial charge on any atom is -0.367 e. The minimum absolute atomic E-state index is 0.386. The molecule has 19 heavy (non-hydrogen) atoms. The summed E-state index contributed by atoms with van der Waals surface area (Å²) in [5, 5.41) is 1.64. The molecule has 0 atom stereocenters. The van der Waals surface area contributed by atoms with Gasteiger partial charge >= 0.3 is 5.97 Å². The number of hydrogen-bond donors (Lipinski definition) is 0. The van der Waals surface area contributed by atoms with Crippen LogP contribution in [0.4, 0.5) is 0 Å². The van der Waals surface area contributed by atoms with Crippen LogP contribution >= 0.6 is 0 Å². The molecule has 1 aliphatic rings. The maximum Gasteiger partial charge on any atom is 0.322 e. The first kappa shape index (κ1) is 16.4. The van der Waals surface area contributed by atoms with E-state index >= 15 is 0 Å². The summed E-state index contributed by atoms with van der Waals surface area (Å²) in [6.45, 7) is 8.95. The molecule has 0 aromatic rings. The average Bonchev–Trinajstić information content (AvgIpc) is 2.06. The van der Waals surface area contributed by atoms with Crippen molar-refractivity contribution in [3.8, 4) is 0 Å². The van der Waals surface area contributed by atoms with Gasteiger partial charge in [0.15, 0.2) is 0 Å². The summed E-state index contributed by atoms with van der Waals surface area (Å²) < 4.78 is 27.6. The van der Waals surface area contributed by atoms with Gasteiger partial charge in [-0.15, -0.1) is 5.06 Å². The van der Waals surface area contributed by atoms with Gasteiger partial charge in [-0.2, -0.15) is 8.42 Å². The Morgan fingerprint density at radius 3 is 1.89 bits per heavy atom. The fourth-order valence-corrected chi connectivity index (χ4v) is 3.49. The zero-order valence-corrected chi connectivity index (χ0v) is 13.2. The molecule has 1 aliphatic heterocycles. The van der Waals surface area contributed by atoms with E-state index in [2.05, 4.69) is 0 Å². The molecule has 0 amide bonds. The van der Waals surface area contributed by atoms with Crippen molar-refractivity contribution in [2.75, 3.05) is 6.26 Å². The number of piperidine rings is 1. The van der Waals surface area contributed by atoms with E-state index in [0.29, 0.717) is 12.8 Å². The molecule has 0 aliphatic carbocycles. The molecule has 0 N–H and O–H groups in total. The third-order valence-electron chi connectivity index (χ3n) is 3.08. The van der Waals surface area contributed by atoms with Crippen LogP contribution in [-0.2, 0) is 23.9 Å². The van der Waals surface area contributed by atoms with Gasteiger partial charge in [0, 0.05) is 6.92 Å². The van der Waals surface area contributed by atoms with Crippen LogP contribution in [-0.4, -0.2) is 42.9 Å². The van der Waals surface area contributed by atoms with Crippen LogP contribution in [0.3, 0.4) is 0 Å². The molecular weight excluding hydrogens is 270 g/mol. The first-order valence-electron chi connectivity index (χ1n) is 6.21. The summed E-state index contributed by atoms with van der Waals surface area (Å²) in [4.78, 5) is 16.5. The molecule has 0 radical (unpaired) electrons. The molecule has 112 valence electrons. The number of hydroxylamine groups is 2. The first-order chi connectivity index (χ1) is 8.33. The fraction of sp³-hybridized carbons (Fsp3) is 0.917. The lowest BCUT2D eigenvalue weighted by Crippen LogP contribution is -2.62. The molecule has 1 saturated heterocycles. The minimum atomic E-state index is -3.49. The second-order valence-corrected chi connectivity index (χ2v) is 7.93. The molecule has 0 aromatic carbocycles. The molecule has 0 unspecified atom stereocenters. The highest BCUT2D eigenvalue weighted by Gasteiger charge is 2.49. The van der Waals surface area contributed by atoms with Crippen molar-refractivity contribution in [1.29, 1.82) is 0 Å². The van der Waals surface area contributed by atoms with Crippen LogP contribution in [0, 0.1) is 0 Å². The number of rotatable bonds is 3. The molecule has 0 aromatic heterocycles. The maximum atomic E-state index is 11.3. The summed E-state index contributed by atoms with van der Waals surface area (Å²) in [5.74, 6) is -0.386. The summed E-state index contributed by atoms with van der Waals surface area (Å²) in [6, 6.07) is 0. The Balaban J connectivity index is 2.96. The summed E-state index contributed by atoms with van der Waals surface area (Å²) in [6.07, 6.45) is 1.57. The second kappa shape index (κ2) is 5.03. The summed E-state index contributed by atoms with van der Waals surface area (Å²) >= 11 is 0. The van der Waals surface area contributed by atoms with E-state index in [1.165, 1.54) is 6.92 Å². The third kappa shape index (κ3) is 4.43. The number of carbonyl (C=O) groups is 1. The van der Waals surface area contributed by atoms with Crippen molar-refractivity contribution in [2.45, 2.75) is 64.6 Å².